The second kappa shape index (κ2) is 6.89. The number of hydrogen-bond acceptors (Lipinski definition) is 3. The van der Waals surface area contributed by atoms with E-state index in [1.165, 1.54) is 0 Å². The van der Waals surface area contributed by atoms with E-state index in [0.29, 0.717) is 12.2 Å². The highest BCUT2D eigenvalue weighted by Crippen LogP contribution is 2.31. The van der Waals surface area contributed by atoms with Crippen molar-refractivity contribution in [3.05, 3.63) is 102 Å². The molecule has 1 amide bonds. The van der Waals surface area contributed by atoms with E-state index >= 15 is 0 Å². The van der Waals surface area contributed by atoms with Crippen molar-refractivity contribution in [1.82, 2.24) is 5.32 Å². The van der Waals surface area contributed by atoms with Crippen LogP contribution >= 0.6 is 0 Å². The molecular weight excluding hydrogens is 350 g/mol. The predicted molar refractivity (Wildman–Crippen MR) is 107 cm³/mol. The smallest absolute Gasteiger partial charge is 0.262 e. The van der Waals surface area contributed by atoms with E-state index in [9.17, 15) is 4.79 Å². The van der Waals surface area contributed by atoms with Crippen molar-refractivity contribution in [2.75, 3.05) is 0 Å². The fourth-order valence-electron chi connectivity index (χ4n) is 3.67. The molecule has 1 aromatic heterocycles. The van der Waals surface area contributed by atoms with Gasteiger partial charge in [0.1, 0.15) is 23.1 Å². The summed E-state index contributed by atoms with van der Waals surface area (Å²) in [6.45, 7) is 0. The third-order valence-electron chi connectivity index (χ3n) is 5.09. The molecule has 0 fully saturated rings. The van der Waals surface area contributed by atoms with Crippen molar-refractivity contribution in [2.24, 2.45) is 0 Å². The summed E-state index contributed by atoms with van der Waals surface area (Å²) in [6, 6.07) is 27.1. The standard InChI is InChI=1S/C24H19NO3/c26-24(22-15-18-11-5-7-13-20(18)28-22)25-23(16-8-2-1-3-9-16)21-14-17-10-4-6-12-19(17)27-21/h1-14,22-23H,15H2,(H,25,26)/t22-,23+/m0/s1. The summed E-state index contributed by atoms with van der Waals surface area (Å²) >= 11 is 0. The van der Waals surface area contributed by atoms with E-state index < -0.39 is 6.10 Å². The van der Waals surface area contributed by atoms with E-state index in [0.717, 1.165) is 27.8 Å². The van der Waals surface area contributed by atoms with Crippen molar-refractivity contribution in [3.63, 3.8) is 0 Å². The fraction of sp³-hybridized carbons (Fsp3) is 0.125. The van der Waals surface area contributed by atoms with Crippen LogP contribution in [0.4, 0.5) is 0 Å². The van der Waals surface area contributed by atoms with Crippen LogP contribution in [0.25, 0.3) is 11.0 Å². The molecule has 5 rings (SSSR count). The largest absolute Gasteiger partial charge is 0.480 e. The summed E-state index contributed by atoms with van der Waals surface area (Å²) < 4.78 is 11.9. The Morgan fingerprint density at radius 2 is 1.68 bits per heavy atom. The molecule has 0 unspecified atom stereocenters. The average Bonchev–Trinajstić information content (AvgIpc) is 3.36. The summed E-state index contributed by atoms with van der Waals surface area (Å²) in [6.07, 6.45) is 0.0388. The number of nitrogens with one attached hydrogen (secondary N) is 1. The number of carbonyl (C=O) groups is 1. The van der Waals surface area contributed by atoms with Gasteiger partial charge in [0, 0.05) is 11.8 Å². The van der Waals surface area contributed by atoms with Crippen molar-refractivity contribution in [2.45, 2.75) is 18.6 Å². The number of carbonyl (C=O) groups excluding carboxylic acids is 1. The van der Waals surface area contributed by atoms with Crippen molar-refractivity contribution >= 4 is 16.9 Å². The van der Waals surface area contributed by atoms with E-state index in [2.05, 4.69) is 5.32 Å². The molecule has 4 heteroatoms. The van der Waals surface area contributed by atoms with E-state index in [-0.39, 0.29) is 11.9 Å². The molecule has 0 aliphatic carbocycles. The normalized spacial score (nSPS) is 16.4. The molecule has 3 aromatic carbocycles. The van der Waals surface area contributed by atoms with Crippen molar-refractivity contribution < 1.29 is 13.9 Å². The van der Waals surface area contributed by atoms with Crippen molar-refractivity contribution in [1.29, 1.82) is 0 Å². The highest BCUT2D eigenvalue weighted by Gasteiger charge is 2.31. The first-order valence-corrected chi connectivity index (χ1v) is 9.36. The molecule has 0 bridgehead atoms. The van der Waals surface area contributed by atoms with Gasteiger partial charge in [0.15, 0.2) is 6.10 Å². The van der Waals surface area contributed by atoms with Gasteiger partial charge in [-0.15, -0.1) is 0 Å². The lowest BCUT2D eigenvalue weighted by Gasteiger charge is -2.19. The maximum absolute atomic E-state index is 13.0. The summed E-state index contributed by atoms with van der Waals surface area (Å²) in [4.78, 5) is 13.0. The van der Waals surface area contributed by atoms with Crippen LogP contribution in [-0.2, 0) is 11.2 Å². The molecule has 1 aliphatic heterocycles. The molecule has 28 heavy (non-hydrogen) atoms. The molecule has 2 heterocycles. The monoisotopic (exact) mass is 369 g/mol. The fourth-order valence-corrected chi connectivity index (χ4v) is 3.67. The van der Waals surface area contributed by atoms with Crippen LogP contribution in [-0.4, -0.2) is 12.0 Å². The average molecular weight is 369 g/mol. The highest BCUT2D eigenvalue weighted by molar-refractivity contribution is 5.84. The minimum absolute atomic E-state index is 0.148. The van der Waals surface area contributed by atoms with Crippen molar-refractivity contribution in [3.8, 4) is 5.75 Å². The zero-order valence-electron chi connectivity index (χ0n) is 15.2. The lowest BCUT2D eigenvalue weighted by atomic mass is 10.0. The second-order valence-corrected chi connectivity index (χ2v) is 6.96. The molecule has 4 aromatic rings. The van der Waals surface area contributed by atoms with Gasteiger partial charge >= 0.3 is 0 Å². The van der Waals surface area contributed by atoms with Gasteiger partial charge < -0.3 is 14.5 Å². The Bertz CT molecular complexity index is 1070. The number of furan rings is 1. The summed E-state index contributed by atoms with van der Waals surface area (Å²) in [5, 5.41) is 4.14. The SMILES string of the molecule is O=C(N[C@H](c1ccccc1)c1cc2ccccc2o1)[C@@H]1Cc2ccccc2O1. The summed E-state index contributed by atoms with van der Waals surface area (Å²) in [7, 11) is 0. The van der Waals surface area contributed by atoms with Gasteiger partial charge in [-0.1, -0.05) is 66.7 Å². The van der Waals surface area contributed by atoms with Crippen LogP contribution in [0.15, 0.2) is 89.3 Å². The zero-order chi connectivity index (χ0) is 18.9. The number of ether oxygens (including phenoxy) is 1. The molecule has 4 nitrogen and oxygen atoms in total. The Labute approximate surface area is 162 Å². The van der Waals surface area contributed by atoms with E-state index in [1.807, 2.05) is 84.9 Å². The van der Waals surface area contributed by atoms with Gasteiger partial charge in [0.25, 0.3) is 5.91 Å². The minimum atomic E-state index is -0.534. The summed E-state index contributed by atoms with van der Waals surface area (Å²) in [5.74, 6) is 1.34. The molecule has 138 valence electrons. The van der Waals surface area contributed by atoms with Crippen LogP contribution in [0.5, 0.6) is 5.75 Å². The molecule has 2 atom stereocenters. The van der Waals surface area contributed by atoms with E-state index in [4.69, 9.17) is 9.15 Å². The predicted octanol–water partition coefficient (Wildman–Crippen LogP) is 4.64. The number of amides is 1. The third-order valence-corrected chi connectivity index (χ3v) is 5.09. The van der Waals surface area contributed by atoms with Crippen LogP contribution in [0.3, 0.4) is 0 Å². The molecule has 0 radical (unpaired) electrons. The van der Waals surface area contributed by atoms with Crippen LogP contribution in [0, 0.1) is 0 Å². The topological polar surface area (TPSA) is 51.5 Å². The van der Waals surface area contributed by atoms with Gasteiger partial charge in [0.05, 0.1) is 0 Å². The minimum Gasteiger partial charge on any atom is -0.480 e. The Morgan fingerprint density at radius 3 is 2.50 bits per heavy atom. The molecule has 0 saturated carbocycles. The van der Waals surface area contributed by atoms with Gasteiger partial charge in [-0.05, 0) is 29.3 Å². The van der Waals surface area contributed by atoms with Gasteiger partial charge in [0.2, 0.25) is 0 Å². The third kappa shape index (κ3) is 3.03. The molecule has 1 aliphatic rings. The first kappa shape index (κ1) is 16.6. The highest BCUT2D eigenvalue weighted by atomic mass is 16.5. The van der Waals surface area contributed by atoms with Gasteiger partial charge in [-0.25, -0.2) is 0 Å². The molecule has 0 saturated heterocycles. The maximum atomic E-state index is 13.0. The van der Waals surface area contributed by atoms with Gasteiger partial charge in [-0.2, -0.15) is 0 Å². The summed E-state index contributed by atoms with van der Waals surface area (Å²) in [5.41, 5.74) is 2.82. The number of hydrogen-bond donors (Lipinski definition) is 1. The lowest BCUT2D eigenvalue weighted by molar-refractivity contribution is -0.127. The van der Waals surface area contributed by atoms with Crippen LogP contribution < -0.4 is 10.1 Å². The van der Waals surface area contributed by atoms with Crippen LogP contribution in [0.1, 0.15) is 22.9 Å². The molecule has 0 spiro atoms. The lowest BCUT2D eigenvalue weighted by Crippen LogP contribution is -2.39. The number of rotatable bonds is 4. The Hall–Kier alpha value is -3.53. The number of para-hydroxylation sites is 2. The maximum Gasteiger partial charge on any atom is 0.262 e. The Morgan fingerprint density at radius 1 is 0.929 bits per heavy atom. The van der Waals surface area contributed by atoms with Gasteiger partial charge in [-0.3, -0.25) is 4.79 Å². The number of benzene rings is 3. The Kier molecular flexibility index (Phi) is 4.09. The zero-order valence-corrected chi connectivity index (χ0v) is 15.2. The first-order chi connectivity index (χ1) is 13.8. The number of fused-ring (bicyclic) bond motifs is 2. The van der Waals surface area contributed by atoms with E-state index in [1.54, 1.807) is 0 Å². The van der Waals surface area contributed by atoms with Crippen LogP contribution in [0.2, 0.25) is 0 Å². The Balaban J connectivity index is 1.45. The molecular formula is C24H19NO3. The quantitative estimate of drug-likeness (QED) is 0.570. The first-order valence-electron chi connectivity index (χ1n) is 9.36. The molecule has 1 N–H and O–H groups in total. The second-order valence-electron chi connectivity index (χ2n) is 6.96.